The molecule has 1 saturated heterocycles. The minimum Gasteiger partial charge on any atom is -0.488 e. The largest absolute Gasteiger partial charge is 0.488 e. The third-order valence-electron chi connectivity index (χ3n) is 5.80. The summed E-state index contributed by atoms with van der Waals surface area (Å²) in [4.78, 5) is 19.9. The van der Waals surface area contributed by atoms with E-state index >= 15 is 0 Å². The molecule has 4 aromatic rings. The second-order valence-corrected chi connectivity index (χ2v) is 7.81. The van der Waals surface area contributed by atoms with E-state index in [4.69, 9.17) is 4.74 Å². The van der Waals surface area contributed by atoms with Gasteiger partial charge in [0.25, 0.3) is 5.91 Å². The maximum absolute atomic E-state index is 13.5. The number of carbonyl (C=O) groups is 1. The highest BCUT2D eigenvalue weighted by Crippen LogP contribution is 2.29. The molecule has 156 valence electrons. The lowest BCUT2D eigenvalue weighted by Crippen LogP contribution is -2.49. The van der Waals surface area contributed by atoms with Crippen molar-refractivity contribution in [1.82, 2.24) is 24.9 Å². The van der Waals surface area contributed by atoms with Gasteiger partial charge in [-0.05, 0) is 56.2 Å². The molecular weight excluding hydrogens is 390 g/mol. The summed E-state index contributed by atoms with van der Waals surface area (Å²) < 4.78 is 8.00. The highest BCUT2D eigenvalue weighted by Gasteiger charge is 2.32. The summed E-state index contributed by atoms with van der Waals surface area (Å²) in [5.41, 5.74) is 2.23. The van der Waals surface area contributed by atoms with Crippen molar-refractivity contribution in [3.05, 3.63) is 78.8 Å². The van der Waals surface area contributed by atoms with Crippen LogP contribution in [0.25, 0.3) is 16.6 Å². The number of piperidine rings is 1. The number of benzene rings is 2. The van der Waals surface area contributed by atoms with E-state index in [1.807, 2.05) is 59.5 Å². The number of nitrogens with zero attached hydrogens (tertiary/aromatic N) is 5. The molecule has 1 amide bonds. The van der Waals surface area contributed by atoms with Gasteiger partial charge in [0.05, 0.1) is 35.7 Å². The molecule has 0 aliphatic carbocycles. The van der Waals surface area contributed by atoms with Crippen molar-refractivity contribution in [3.8, 4) is 11.4 Å². The molecule has 1 aliphatic heterocycles. The summed E-state index contributed by atoms with van der Waals surface area (Å²) in [5, 5.41) is 8.92. The first-order valence-electron chi connectivity index (χ1n) is 10.5. The Kier molecular flexibility index (Phi) is 5.08. The quantitative estimate of drug-likeness (QED) is 0.508. The van der Waals surface area contributed by atoms with Crippen LogP contribution in [0.5, 0.6) is 5.75 Å². The van der Waals surface area contributed by atoms with Gasteiger partial charge in [-0.25, -0.2) is 4.68 Å². The van der Waals surface area contributed by atoms with Gasteiger partial charge in [0, 0.05) is 17.6 Å². The van der Waals surface area contributed by atoms with E-state index in [0.29, 0.717) is 12.1 Å². The molecule has 2 aromatic heterocycles. The van der Waals surface area contributed by atoms with Gasteiger partial charge in [-0.3, -0.25) is 9.78 Å². The number of amides is 1. The Morgan fingerprint density at radius 1 is 1.03 bits per heavy atom. The molecule has 31 heavy (non-hydrogen) atoms. The van der Waals surface area contributed by atoms with Crippen LogP contribution < -0.4 is 4.74 Å². The number of hydrogen-bond acceptors (Lipinski definition) is 5. The monoisotopic (exact) mass is 413 g/mol. The standard InChI is InChI=1S/C24H23N5O2/c1-17-11-12-18(31-23-10-4-8-21-19(23)7-5-13-25-21)16-28(17)24(30)20-6-2-3-9-22(20)29-15-14-26-27-29/h2-10,13-15,17-18H,11-12,16H2,1H3/t17-,18+/m1/s1. The number of para-hydroxylation sites is 1. The first-order chi connectivity index (χ1) is 15.2. The normalized spacial score (nSPS) is 18.8. The lowest BCUT2D eigenvalue weighted by Gasteiger charge is -2.38. The SMILES string of the molecule is C[C@@H]1CC[C@H](Oc2cccc3ncccc23)CN1C(=O)c1ccccc1-n1ccnn1. The van der Waals surface area contributed by atoms with E-state index in [1.54, 1.807) is 23.3 Å². The predicted octanol–water partition coefficient (Wildman–Crippen LogP) is 3.89. The first-order valence-corrected chi connectivity index (χ1v) is 10.5. The van der Waals surface area contributed by atoms with Crippen LogP contribution in [0.15, 0.2) is 73.2 Å². The van der Waals surface area contributed by atoms with Crippen LogP contribution in [0, 0.1) is 0 Å². The third-order valence-corrected chi connectivity index (χ3v) is 5.80. The van der Waals surface area contributed by atoms with Crippen LogP contribution in [0.4, 0.5) is 0 Å². The highest BCUT2D eigenvalue weighted by molar-refractivity contribution is 5.98. The molecule has 0 bridgehead atoms. The van der Waals surface area contributed by atoms with Crippen molar-refractivity contribution in [1.29, 1.82) is 0 Å². The number of pyridine rings is 1. The van der Waals surface area contributed by atoms with Crippen molar-refractivity contribution < 1.29 is 9.53 Å². The number of carbonyl (C=O) groups excluding carboxylic acids is 1. The van der Waals surface area contributed by atoms with Gasteiger partial charge in [-0.15, -0.1) is 5.10 Å². The van der Waals surface area contributed by atoms with Gasteiger partial charge >= 0.3 is 0 Å². The fraction of sp³-hybridized carbons (Fsp3) is 0.250. The number of aromatic nitrogens is 4. The second kappa shape index (κ2) is 8.18. The summed E-state index contributed by atoms with van der Waals surface area (Å²) in [6.45, 7) is 2.62. The van der Waals surface area contributed by atoms with Crippen molar-refractivity contribution in [3.63, 3.8) is 0 Å². The van der Waals surface area contributed by atoms with Crippen molar-refractivity contribution in [2.45, 2.75) is 31.9 Å². The van der Waals surface area contributed by atoms with Crippen LogP contribution >= 0.6 is 0 Å². The summed E-state index contributed by atoms with van der Waals surface area (Å²) in [5.74, 6) is 0.784. The number of rotatable bonds is 4. The minimum atomic E-state index is -0.0792. The second-order valence-electron chi connectivity index (χ2n) is 7.81. The Morgan fingerprint density at radius 2 is 1.94 bits per heavy atom. The number of fused-ring (bicyclic) bond motifs is 1. The fourth-order valence-electron chi connectivity index (χ4n) is 4.16. The van der Waals surface area contributed by atoms with E-state index in [0.717, 1.165) is 35.2 Å². The third kappa shape index (κ3) is 3.74. The molecule has 1 fully saturated rings. The van der Waals surface area contributed by atoms with Crippen LogP contribution in [-0.4, -0.2) is 49.5 Å². The van der Waals surface area contributed by atoms with Crippen molar-refractivity contribution in [2.24, 2.45) is 0 Å². The average molecular weight is 413 g/mol. The smallest absolute Gasteiger partial charge is 0.256 e. The highest BCUT2D eigenvalue weighted by atomic mass is 16.5. The molecule has 0 spiro atoms. The van der Waals surface area contributed by atoms with Gasteiger partial charge in [0.15, 0.2) is 0 Å². The van der Waals surface area contributed by atoms with E-state index < -0.39 is 0 Å². The zero-order valence-electron chi connectivity index (χ0n) is 17.3. The molecule has 0 unspecified atom stereocenters. The van der Waals surface area contributed by atoms with Gasteiger partial charge < -0.3 is 9.64 Å². The molecule has 5 rings (SSSR count). The van der Waals surface area contributed by atoms with E-state index in [2.05, 4.69) is 22.2 Å². The Bertz CT molecular complexity index is 1200. The minimum absolute atomic E-state index is 0.0218. The zero-order chi connectivity index (χ0) is 21.2. The lowest BCUT2D eigenvalue weighted by atomic mass is 9.99. The Labute approximate surface area is 180 Å². The molecule has 0 radical (unpaired) electrons. The molecule has 3 heterocycles. The summed E-state index contributed by atoms with van der Waals surface area (Å²) in [6, 6.07) is 17.4. The molecule has 7 heteroatoms. The lowest BCUT2D eigenvalue weighted by molar-refractivity contribution is 0.0388. The Morgan fingerprint density at radius 3 is 2.81 bits per heavy atom. The molecular formula is C24H23N5O2. The number of ether oxygens (including phenoxy) is 1. The van der Waals surface area contributed by atoms with Gasteiger partial charge in [0.2, 0.25) is 0 Å². The zero-order valence-corrected chi connectivity index (χ0v) is 17.3. The number of hydrogen-bond donors (Lipinski definition) is 0. The molecule has 7 nitrogen and oxygen atoms in total. The predicted molar refractivity (Wildman–Crippen MR) is 117 cm³/mol. The molecule has 2 aromatic carbocycles. The maximum Gasteiger partial charge on any atom is 0.256 e. The van der Waals surface area contributed by atoms with E-state index in [9.17, 15) is 4.79 Å². The van der Waals surface area contributed by atoms with Gasteiger partial charge in [0.1, 0.15) is 11.9 Å². The van der Waals surface area contributed by atoms with Gasteiger partial charge in [-0.1, -0.05) is 23.4 Å². The summed E-state index contributed by atoms with van der Waals surface area (Å²) >= 11 is 0. The topological polar surface area (TPSA) is 73.1 Å². The van der Waals surface area contributed by atoms with Crippen LogP contribution in [-0.2, 0) is 0 Å². The number of likely N-dealkylation sites (tertiary alicyclic amines) is 1. The molecule has 0 saturated carbocycles. The van der Waals surface area contributed by atoms with Crippen molar-refractivity contribution >= 4 is 16.8 Å². The summed E-state index contributed by atoms with van der Waals surface area (Å²) in [7, 11) is 0. The van der Waals surface area contributed by atoms with E-state index in [1.165, 1.54) is 0 Å². The fourth-order valence-corrected chi connectivity index (χ4v) is 4.16. The van der Waals surface area contributed by atoms with Crippen molar-refractivity contribution in [2.75, 3.05) is 6.54 Å². The summed E-state index contributed by atoms with van der Waals surface area (Å²) in [6.07, 6.45) is 6.82. The van der Waals surface area contributed by atoms with Crippen LogP contribution in [0.3, 0.4) is 0 Å². The average Bonchev–Trinajstić information content (AvgIpc) is 3.35. The maximum atomic E-state index is 13.5. The van der Waals surface area contributed by atoms with E-state index in [-0.39, 0.29) is 18.1 Å². The Hall–Kier alpha value is -3.74. The Balaban J connectivity index is 1.40. The first kappa shape index (κ1) is 19.2. The van der Waals surface area contributed by atoms with Gasteiger partial charge in [-0.2, -0.15) is 0 Å². The molecule has 0 N–H and O–H groups in total. The van der Waals surface area contributed by atoms with Crippen LogP contribution in [0.1, 0.15) is 30.1 Å². The molecule has 1 aliphatic rings. The molecule has 2 atom stereocenters. The van der Waals surface area contributed by atoms with Crippen LogP contribution in [0.2, 0.25) is 0 Å².